The van der Waals surface area contributed by atoms with E-state index in [9.17, 15) is 19.2 Å². The minimum absolute atomic E-state index is 0.0996. The fraction of sp³-hybridized carbons (Fsp3) is 0.368. The van der Waals surface area contributed by atoms with Crippen molar-refractivity contribution in [2.75, 3.05) is 27.4 Å². The van der Waals surface area contributed by atoms with Gasteiger partial charge in [-0.2, -0.15) is 0 Å². The van der Waals surface area contributed by atoms with Gasteiger partial charge in [0.25, 0.3) is 5.60 Å². The summed E-state index contributed by atoms with van der Waals surface area (Å²) in [4.78, 5) is 50.9. The second-order valence-corrected chi connectivity index (χ2v) is 6.01. The van der Waals surface area contributed by atoms with E-state index in [0.717, 1.165) is 14.2 Å². The summed E-state index contributed by atoms with van der Waals surface area (Å²) < 4.78 is 25.7. The number of hydrogen-bond donors (Lipinski definition) is 0. The molecule has 2 atom stereocenters. The minimum atomic E-state index is -2.60. The lowest BCUT2D eigenvalue weighted by Gasteiger charge is -2.38. The van der Waals surface area contributed by atoms with E-state index in [0.29, 0.717) is 5.56 Å². The van der Waals surface area contributed by atoms with Crippen LogP contribution in [0.4, 0.5) is 0 Å². The highest BCUT2D eigenvalue weighted by molar-refractivity contribution is 6.20. The Morgan fingerprint density at radius 1 is 1.04 bits per heavy atom. The van der Waals surface area contributed by atoms with E-state index in [2.05, 4.69) is 0 Å². The number of methoxy groups -OCH3 is 2. The van der Waals surface area contributed by atoms with Gasteiger partial charge in [-0.25, -0.2) is 19.2 Å². The van der Waals surface area contributed by atoms with E-state index in [1.54, 1.807) is 30.3 Å². The van der Waals surface area contributed by atoms with Crippen LogP contribution < -0.4 is 0 Å². The first kappa shape index (κ1) is 19.6. The summed E-state index contributed by atoms with van der Waals surface area (Å²) in [6, 6.07) is 8.28. The minimum Gasteiger partial charge on any atom is -0.466 e. The summed E-state index contributed by atoms with van der Waals surface area (Å²) in [7, 11) is 2.15. The number of carbonyl (C=O) groups excluding carboxylic acids is 4. The summed E-state index contributed by atoms with van der Waals surface area (Å²) in [6.07, 6.45) is 0. The van der Waals surface area contributed by atoms with Crippen LogP contribution in [-0.2, 0) is 48.5 Å². The van der Waals surface area contributed by atoms with Gasteiger partial charge in [0.2, 0.25) is 0 Å². The first-order valence-electron chi connectivity index (χ1n) is 8.41. The van der Waals surface area contributed by atoms with E-state index in [-0.39, 0.29) is 12.2 Å². The van der Waals surface area contributed by atoms with Crippen LogP contribution in [-0.4, -0.2) is 56.9 Å². The second-order valence-electron chi connectivity index (χ2n) is 6.01. The lowest BCUT2D eigenvalue weighted by Crippen LogP contribution is -2.58. The maximum Gasteiger partial charge on any atom is 0.355 e. The molecule has 2 unspecified atom stereocenters. The van der Waals surface area contributed by atoms with Crippen LogP contribution in [0.2, 0.25) is 0 Å². The predicted octanol–water partition coefficient (Wildman–Crippen LogP) is 0.413. The van der Waals surface area contributed by atoms with Gasteiger partial charge in [-0.15, -0.1) is 0 Å². The molecule has 0 N–H and O–H groups in total. The number of rotatable bonds is 5. The van der Waals surface area contributed by atoms with Crippen LogP contribution >= 0.6 is 0 Å². The molecule has 2 aliphatic rings. The van der Waals surface area contributed by atoms with Gasteiger partial charge in [0, 0.05) is 0 Å². The zero-order valence-corrected chi connectivity index (χ0v) is 15.5. The molecule has 1 aromatic carbocycles. The predicted molar refractivity (Wildman–Crippen MR) is 90.6 cm³/mol. The van der Waals surface area contributed by atoms with Gasteiger partial charge in [-0.05, 0) is 12.5 Å². The molecular weight excluding hydrogens is 372 g/mol. The van der Waals surface area contributed by atoms with E-state index in [1.807, 2.05) is 0 Å². The van der Waals surface area contributed by atoms with Gasteiger partial charge < -0.3 is 23.7 Å². The number of carbonyl (C=O) groups is 4. The Morgan fingerprint density at radius 2 is 1.64 bits per heavy atom. The molecule has 9 heteroatoms. The fourth-order valence-corrected chi connectivity index (χ4v) is 3.43. The van der Waals surface area contributed by atoms with Crippen molar-refractivity contribution < 1.29 is 42.9 Å². The van der Waals surface area contributed by atoms with Crippen molar-refractivity contribution in [2.45, 2.75) is 18.1 Å². The molecule has 2 aliphatic heterocycles. The van der Waals surface area contributed by atoms with Crippen LogP contribution in [0.15, 0.2) is 41.5 Å². The maximum absolute atomic E-state index is 12.8. The van der Waals surface area contributed by atoms with Crippen molar-refractivity contribution in [1.82, 2.24) is 0 Å². The van der Waals surface area contributed by atoms with Crippen molar-refractivity contribution in [2.24, 2.45) is 0 Å². The molecule has 0 aliphatic carbocycles. The van der Waals surface area contributed by atoms with Gasteiger partial charge in [0.05, 0.1) is 26.4 Å². The lowest BCUT2D eigenvalue weighted by molar-refractivity contribution is -0.223. The van der Waals surface area contributed by atoms with Crippen LogP contribution in [0.1, 0.15) is 12.5 Å². The highest BCUT2D eigenvalue weighted by Crippen LogP contribution is 2.53. The summed E-state index contributed by atoms with van der Waals surface area (Å²) in [5.74, 6) is -4.42. The third-order valence-corrected chi connectivity index (χ3v) is 4.61. The highest BCUT2D eigenvalue weighted by atomic mass is 16.7. The Bertz CT molecular complexity index is 873. The van der Waals surface area contributed by atoms with Crippen molar-refractivity contribution in [1.29, 1.82) is 0 Å². The van der Waals surface area contributed by atoms with E-state index in [1.165, 1.54) is 6.92 Å². The Hall–Kier alpha value is -3.20. The van der Waals surface area contributed by atoms with Crippen LogP contribution in [0.3, 0.4) is 0 Å². The van der Waals surface area contributed by atoms with Gasteiger partial charge in [0.15, 0.2) is 5.60 Å². The average Bonchev–Trinajstić information content (AvgIpc) is 2.99. The van der Waals surface area contributed by atoms with Gasteiger partial charge in [-0.3, -0.25) is 0 Å². The van der Waals surface area contributed by atoms with E-state index < -0.39 is 47.3 Å². The normalized spacial score (nSPS) is 25.8. The van der Waals surface area contributed by atoms with Crippen molar-refractivity contribution in [3.05, 3.63) is 47.0 Å². The molecule has 148 valence electrons. The molecule has 2 heterocycles. The Balaban J connectivity index is 2.39. The molecule has 0 aromatic heterocycles. The first-order valence-corrected chi connectivity index (χ1v) is 8.41. The third kappa shape index (κ3) is 2.50. The molecule has 0 amide bonds. The van der Waals surface area contributed by atoms with Crippen LogP contribution in [0, 0.1) is 0 Å². The standard InChI is InChI=1S/C19H18O9/c1-4-26-16(22)19-13(15(21)25-3)12(14(20)24-2)18(28-19,10-27-17(19)23)11-8-6-5-7-9-11/h5-9H,4,10H2,1-3H3. The number of benzene rings is 1. The number of cyclic esters (lactones) is 1. The summed E-state index contributed by atoms with van der Waals surface area (Å²) in [6.45, 7) is 0.977. The number of hydrogen-bond acceptors (Lipinski definition) is 9. The monoisotopic (exact) mass is 390 g/mol. The molecular formula is C19H18O9. The quantitative estimate of drug-likeness (QED) is 0.401. The SMILES string of the molecule is CCOC(=O)C12OC(c3ccccc3)(COC1=O)C(C(=O)OC)=C2C(=O)OC. The average molecular weight is 390 g/mol. The molecule has 1 fully saturated rings. The molecule has 0 spiro atoms. The van der Waals surface area contributed by atoms with Crippen molar-refractivity contribution in [3.63, 3.8) is 0 Å². The summed E-state index contributed by atoms with van der Waals surface area (Å²) in [5, 5.41) is 0. The number of esters is 4. The molecule has 2 bridgehead atoms. The van der Waals surface area contributed by atoms with Gasteiger partial charge in [-0.1, -0.05) is 30.3 Å². The zero-order chi connectivity index (χ0) is 20.5. The van der Waals surface area contributed by atoms with Crippen LogP contribution in [0.25, 0.3) is 0 Å². The molecule has 9 nitrogen and oxygen atoms in total. The summed E-state index contributed by atoms with van der Waals surface area (Å²) in [5.41, 5.74) is -4.90. The van der Waals surface area contributed by atoms with E-state index in [4.69, 9.17) is 23.7 Å². The molecule has 0 saturated carbocycles. The molecule has 0 radical (unpaired) electrons. The largest absolute Gasteiger partial charge is 0.466 e. The Labute approximate surface area is 160 Å². The smallest absolute Gasteiger partial charge is 0.355 e. The molecule has 1 saturated heterocycles. The zero-order valence-electron chi connectivity index (χ0n) is 15.5. The first-order chi connectivity index (χ1) is 13.4. The third-order valence-electron chi connectivity index (χ3n) is 4.61. The van der Waals surface area contributed by atoms with Crippen LogP contribution in [0.5, 0.6) is 0 Å². The topological polar surface area (TPSA) is 114 Å². The summed E-state index contributed by atoms with van der Waals surface area (Å²) >= 11 is 0. The Kier molecular flexibility index (Phi) is 4.95. The van der Waals surface area contributed by atoms with Gasteiger partial charge in [0.1, 0.15) is 12.2 Å². The number of ether oxygens (including phenoxy) is 5. The fourth-order valence-electron chi connectivity index (χ4n) is 3.43. The highest BCUT2D eigenvalue weighted by Gasteiger charge is 2.73. The Morgan fingerprint density at radius 3 is 2.21 bits per heavy atom. The molecule has 3 rings (SSSR count). The van der Waals surface area contributed by atoms with Gasteiger partial charge >= 0.3 is 23.9 Å². The van der Waals surface area contributed by atoms with Crippen molar-refractivity contribution >= 4 is 23.9 Å². The van der Waals surface area contributed by atoms with E-state index >= 15 is 0 Å². The molecule has 28 heavy (non-hydrogen) atoms. The second kappa shape index (κ2) is 7.08. The van der Waals surface area contributed by atoms with Crippen molar-refractivity contribution in [3.8, 4) is 0 Å². The lowest BCUT2D eigenvalue weighted by atomic mass is 9.84. The maximum atomic E-state index is 12.8. The number of fused-ring (bicyclic) bond motifs is 2. The molecule has 1 aromatic rings.